The molecule has 29 heavy (non-hydrogen) atoms. The fourth-order valence-electron chi connectivity index (χ4n) is 3.51. The quantitative estimate of drug-likeness (QED) is 0.569. The molecule has 3 rings (SSSR count). The van der Waals surface area contributed by atoms with Gasteiger partial charge in [0.2, 0.25) is 0 Å². The third kappa shape index (κ3) is 5.43. The van der Waals surface area contributed by atoms with Crippen molar-refractivity contribution in [1.82, 2.24) is 20.1 Å². The van der Waals surface area contributed by atoms with Gasteiger partial charge in [0, 0.05) is 43.3 Å². The molecule has 0 saturated heterocycles. The lowest BCUT2D eigenvalue weighted by molar-refractivity contribution is 0.182. The number of hydrogen-bond acceptors (Lipinski definition) is 5. The van der Waals surface area contributed by atoms with E-state index in [-0.39, 0.29) is 6.04 Å². The van der Waals surface area contributed by atoms with E-state index in [9.17, 15) is 0 Å². The van der Waals surface area contributed by atoms with Crippen molar-refractivity contribution in [2.24, 2.45) is 0 Å². The zero-order valence-corrected chi connectivity index (χ0v) is 17.7. The summed E-state index contributed by atoms with van der Waals surface area (Å²) >= 11 is 0. The van der Waals surface area contributed by atoms with Crippen molar-refractivity contribution in [2.45, 2.75) is 39.4 Å². The SMILES string of the molecule is COCCn1nc(C)c(CNC(Cc2cccnc2)c2ccc(OC)cc2)c1C. The van der Waals surface area contributed by atoms with E-state index >= 15 is 0 Å². The monoisotopic (exact) mass is 394 g/mol. The van der Waals surface area contributed by atoms with Crippen LogP contribution >= 0.6 is 0 Å². The number of ether oxygens (including phenoxy) is 2. The van der Waals surface area contributed by atoms with Crippen LogP contribution in [0.4, 0.5) is 0 Å². The van der Waals surface area contributed by atoms with Gasteiger partial charge in [-0.3, -0.25) is 9.67 Å². The van der Waals surface area contributed by atoms with Crippen molar-refractivity contribution in [3.8, 4) is 5.75 Å². The van der Waals surface area contributed by atoms with Crippen LogP contribution in [0.3, 0.4) is 0 Å². The Bertz CT molecular complexity index is 891. The van der Waals surface area contributed by atoms with Gasteiger partial charge in [0.15, 0.2) is 0 Å². The maximum Gasteiger partial charge on any atom is 0.118 e. The zero-order valence-electron chi connectivity index (χ0n) is 17.7. The highest BCUT2D eigenvalue weighted by atomic mass is 16.5. The number of nitrogens with zero attached hydrogens (tertiary/aromatic N) is 3. The van der Waals surface area contributed by atoms with E-state index in [0.29, 0.717) is 6.61 Å². The van der Waals surface area contributed by atoms with Crippen molar-refractivity contribution in [3.63, 3.8) is 0 Å². The normalized spacial score (nSPS) is 12.1. The second-order valence-corrected chi connectivity index (χ2v) is 7.14. The maximum absolute atomic E-state index is 5.31. The average molecular weight is 395 g/mol. The molecule has 0 amide bonds. The van der Waals surface area contributed by atoms with Gasteiger partial charge in [0.1, 0.15) is 5.75 Å². The molecule has 0 spiro atoms. The number of aromatic nitrogens is 3. The highest BCUT2D eigenvalue weighted by Crippen LogP contribution is 2.23. The molecule has 1 atom stereocenters. The topological polar surface area (TPSA) is 61.2 Å². The van der Waals surface area contributed by atoms with E-state index in [1.807, 2.05) is 29.1 Å². The van der Waals surface area contributed by atoms with Gasteiger partial charge in [0.05, 0.1) is 26.0 Å². The summed E-state index contributed by atoms with van der Waals surface area (Å²) in [7, 11) is 3.40. The first-order chi connectivity index (χ1) is 14.1. The third-order valence-electron chi connectivity index (χ3n) is 5.24. The van der Waals surface area contributed by atoms with E-state index in [4.69, 9.17) is 9.47 Å². The zero-order chi connectivity index (χ0) is 20.6. The molecule has 0 radical (unpaired) electrons. The molecule has 0 fully saturated rings. The number of nitrogens with one attached hydrogen (secondary N) is 1. The Balaban J connectivity index is 1.78. The molecule has 0 aliphatic rings. The summed E-state index contributed by atoms with van der Waals surface area (Å²) in [6, 6.07) is 12.5. The van der Waals surface area contributed by atoms with Crippen LogP contribution in [-0.4, -0.2) is 35.6 Å². The van der Waals surface area contributed by atoms with Crippen LogP contribution < -0.4 is 10.1 Å². The molecule has 0 aliphatic carbocycles. The lowest BCUT2D eigenvalue weighted by Gasteiger charge is -2.20. The second kappa shape index (κ2) is 10.2. The van der Waals surface area contributed by atoms with Crippen LogP contribution in [0.2, 0.25) is 0 Å². The Hall–Kier alpha value is -2.70. The molecule has 3 aromatic rings. The predicted molar refractivity (Wildman–Crippen MR) is 114 cm³/mol. The number of methoxy groups -OCH3 is 2. The number of rotatable bonds is 10. The summed E-state index contributed by atoms with van der Waals surface area (Å²) in [4.78, 5) is 4.26. The molecular weight excluding hydrogens is 364 g/mol. The van der Waals surface area contributed by atoms with Crippen LogP contribution in [0.25, 0.3) is 0 Å². The first-order valence-corrected chi connectivity index (χ1v) is 9.90. The van der Waals surface area contributed by atoms with Gasteiger partial charge in [-0.2, -0.15) is 5.10 Å². The first-order valence-electron chi connectivity index (χ1n) is 9.90. The van der Waals surface area contributed by atoms with E-state index in [0.717, 1.165) is 31.0 Å². The predicted octanol–water partition coefficient (Wildman–Crippen LogP) is 3.62. The summed E-state index contributed by atoms with van der Waals surface area (Å²) in [5, 5.41) is 8.41. The minimum Gasteiger partial charge on any atom is -0.497 e. The third-order valence-corrected chi connectivity index (χ3v) is 5.24. The van der Waals surface area contributed by atoms with Crippen molar-refractivity contribution < 1.29 is 9.47 Å². The van der Waals surface area contributed by atoms with Gasteiger partial charge in [-0.15, -0.1) is 0 Å². The van der Waals surface area contributed by atoms with Gasteiger partial charge in [-0.1, -0.05) is 18.2 Å². The molecule has 154 valence electrons. The van der Waals surface area contributed by atoms with Crippen LogP contribution in [-0.2, 0) is 24.2 Å². The molecule has 1 unspecified atom stereocenters. The van der Waals surface area contributed by atoms with Crippen LogP contribution in [0, 0.1) is 13.8 Å². The molecule has 2 aromatic heterocycles. The molecule has 0 aliphatic heterocycles. The summed E-state index contributed by atoms with van der Waals surface area (Å²) in [6.07, 6.45) is 4.59. The van der Waals surface area contributed by atoms with E-state index in [2.05, 4.69) is 47.4 Å². The first kappa shape index (κ1) is 21.0. The second-order valence-electron chi connectivity index (χ2n) is 7.14. The van der Waals surface area contributed by atoms with Gasteiger partial charge in [0.25, 0.3) is 0 Å². The van der Waals surface area contributed by atoms with Crippen molar-refractivity contribution in [3.05, 3.63) is 76.9 Å². The standard InChI is InChI=1S/C23H30N4O2/c1-17-22(18(2)27(26-17)12-13-28-3)16-25-23(14-19-6-5-11-24-15-19)20-7-9-21(29-4)10-8-20/h5-11,15,23,25H,12-14,16H2,1-4H3. The van der Waals surface area contributed by atoms with E-state index in [1.165, 1.54) is 22.4 Å². The van der Waals surface area contributed by atoms with E-state index in [1.54, 1.807) is 20.4 Å². The number of pyridine rings is 1. The highest BCUT2D eigenvalue weighted by Gasteiger charge is 2.16. The average Bonchev–Trinajstić information content (AvgIpc) is 3.03. The highest BCUT2D eigenvalue weighted by molar-refractivity contribution is 5.31. The molecule has 6 heteroatoms. The number of hydrogen-bond donors (Lipinski definition) is 1. The smallest absolute Gasteiger partial charge is 0.118 e. The van der Waals surface area contributed by atoms with Gasteiger partial charge in [-0.25, -0.2) is 0 Å². The van der Waals surface area contributed by atoms with Gasteiger partial charge in [-0.05, 0) is 49.6 Å². The molecule has 2 heterocycles. The summed E-state index contributed by atoms with van der Waals surface area (Å²) in [5.74, 6) is 0.861. The Morgan fingerprint density at radius 2 is 1.90 bits per heavy atom. The fourth-order valence-corrected chi connectivity index (χ4v) is 3.51. The summed E-state index contributed by atoms with van der Waals surface area (Å²) < 4.78 is 12.5. The Morgan fingerprint density at radius 3 is 2.55 bits per heavy atom. The van der Waals surface area contributed by atoms with Crippen LogP contribution in [0.5, 0.6) is 5.75 Å². The molecular formula is C23H30N4O2. The van der Waals surface area contributed by atoms with Gasteiger partial charge >= 0.3 is 0 Å². The minimum atomic E-state index is 0.159. The van der Waals surface area contributed by atoms with Crippen molar-refractivity contribution >= 4 is 0 Å². The Labute approximate surface area is 172 Å². The van der Waals surface area contributed by atoms with E-state index < -0.39 is 0 Å². The maximum atomic E-state index is 5.31. The number of benzene rings is 1. The molecule has 1 aromatic carbocycles. The lowest BCUT2D eigenvalue weighted by Crippen LogP contribution is -2.23. The van der Waals surface area contributed by atoms with Gasteiger partial charge < -0.3 is 14.8 Å². The minimum absolute atomic E-state index is 0.159. The lowest BCUT2D eigenvalue weighted by atomic mass is 9.99. The largest absolute Gasteiger partial charge is 0.497 e. The fraction of sp³-hybridized carbons (Fsp3) is 0.391. The van der Waals surface area contributed by atoms with Crippen molar-refractivity contribution in [1.29, 1.82) is 0 Å². The van der Waals surface area contributed by atoms with Crippen molar-refractivity contribution in [2.75, 3.05) is 20.8 Å². The number of aryl methyl sites for hydroxylation is 1. The molecule has 0 saturated carbocycles. The summed E-state index contributed by atoms with van der Waals surface area (Å²) in [5.41, 5.74) is 5.90. The van der Waals surface area contributed by atoms with Crippen LogP contribution in [0.1, 0.15) is 34.1 Å². The van der Waals surface area contributed by atoms with Crippen LogP contribution in [0.15, 0.2) is 48.8 Å². The molecule has 1 N–H and O–H groups in total. The summed E-state index contributed by atoms with van der Waals surface area (Å²) in [6.45, 7) is 6.36. The molecule has 6 nitrogen and oxygen atoms in total. The Kier molecular flexibility index (Phi) is 7.38. The Morgan fingerprint density at radius 1 is 1.10 bits per heavy atom. The molecule has 0 bridgehead atoms.